The van der Waals surface area contributed by atoms with Gasteiger partial charge in [0.2, 0.25) is 0 Å². The maximum atomic E-state index is 10.5. The lowest BCUT2D eigenvalue weighted by atomic mass is 10.6. The smallest absolute Gasteiger partial charge is 0.323 e. The van der Waals surface area contributed by atoms with Crippen molar-refractivity contribution in [2.45, 2.75) is 0 Å². The third kappa shape index (κ3) is 0.996. The quantitative estimate of drug-likeness (QED) is 0.451. The third-order valence-corrected chi connectivity index (χ3v) is 1.01. The Morgan fingerprint density at radius 2 is 2.44 bits per heavy atom. The molecule has 50 valence electrons. The van der Waals surface area contributed by atoms with Gasteiger partial charge in [-0.15, -0.1) is 0 Å². The average Bonchev–Trinajstić information content (AvgIpc) is 2.13. The SMILES string of the molecule is NC(=O)N1COCC1=O. The maximum Gasteiger partial charge on any atom is 0.323 e. The van der Waals surface area contributed by atoms with E-state index >= 15 is 0 Å². The lowest BCUT2D eigenvalue weighted by Crippen LogP contribution is -2.36. The number of nitrogens with two attached hydrogens (primary N) is 1. The van der Waals surface area contributed by atoms with Crippen LogP contribution in [0.2, 0.25) is 0 Å². The van der Waals surface area contributed by atoms with Gasteiger partial charge in [-0.3, -0.25) is 4.79 Å². The Hall–Kier alpha value is -1.10. The molecule has 5 nitrogen and oxygen atoms in total. The molecule has 2 N–H and O–H groups in total. The topological polar surface area (TPSA) is 72.6 Å². The van der Waals surface area contributed by atoms with E-state index in [0.717, 1.165) is 4.90 Å². The second-order valence-electron chi connectivity index (χ2n) is 1.64. The van der Waals surface area contributed by atoms with Crippen LogP contribution in [0, 0.1) is 0 Å². The number of carbonyl (C=O) groups is 2. The zero-order valence-electron chi connectivity index (χ0n) is 4.66. The summed E-state index contributed by atoms with van der Waals surface area (Å²) < 4.78 is 4.61. The van der Waals surface area contributed by atoms with E-state index < -0.39 is 6.03 Å². The summed E-state index contributed by atoms with van der Waals surface area (Å²) in [7, 11) is 0. The fraction of sp³-hybridized carbons (Fsp3) is 0.500. The summed E-state index contributed by atoms with van der Waals surface area (Å²) in [5.41, 5.74) is 4.77. The molecule has 0 bridgehead atoms. The van der Waals surface area contributed by atoms with E-state index in [1.54, 1.807) is 0 Å². The van der Waals surface area contributed by atoms with E-state index in [1.807, 2.05) is 0 Å². The van der Waals surface area contributed by atoms with Crippen molar-refractivity contribution in [2.75, 3.05) is 13.3 Å². The van der Waals surface area contributed by atoms with E-state index in [9.17, 15) is 9.59 Å². The molecule has 0 aromatic rings. The molecular formula is C4H6N2O3. The first-order chi connectivity index (χ1) is 4.22. The number of imide groups is 1. The molecule has 0 aromatic carbocycles. The lowest BCUT2D eigenvalue weighted by Gasteiger charge is -2.04. The van der Waals surface area contributed by atoms with Gasteiger partial charge in [0.1, 0.15) is 13.3 Å². The molecule has 0 saturated carbocycles. The Bertz CT molecular complexity index is 156. The Morgan fingerprint density at radius 1 is 1.78 bits per heavy atom. The summed E-state index contributed by atoms with van der Waals surface area (Å²) in [5.74, 6) is -0.373. The van der Waals surface area contributed by atoms with Crippen LogP contribution in [0.5, 0.6) is 0 Å². The van der Waals surface area contributed by atoms with Crippen molar-refractivity contribution < 1.29 is 14.3 Å². The molecule has 1 saturated heterocycles. The van der Waals surface area contributed by atoms with Crippen LogP contribution in [-0.4, -0.2) is 30.2 Å². The molecule has 0 unspecified atom stereocenters. The molecule has 3 amide bonds. The van der Waals surface area contributed by atoms with E-state index in [1.165, 1.54) is 0 Å². The highest BCUT2D eigenvalue weighted by molar-refractivity contribution is 5.95. The van der Waals surface area contributed by atoms with Crippen molar-refractivity contribution in [3.8, 4) is 0 Å². The molecular weight excluding hydrogens is 124 g/mol. The van der Waals surface area contributed by atoms with Gasteiger partial charge in [0, 0.05) is 0 Å². The molecule has 1 aliphatic heterocycles. The molecule has 1 fully saturated rings. The average molecular weight is 130 g/mol. The lowest BCUT2D eigenvalue weighted by molar-refractivity contribution is -0.124. The van der Waals surface area contributed by atoms with Crippen LogP contribution in [0.1, 0.15) is 0 Å². The highest BCUT2D eigenvalue weighted by atomic mass is 16.5. The number of primary amides is 1. The van der Waals surface area contributed by atoms with Crippen LogP contribution in [0.25, 0.3) is 0 Å². The van der Waals surface area contributed by atoms with Crippen LogP contribution < -0.4 is 5.73 Å². The zero-order valence-corrected chi connectivity index (χ0v) is 4.66. The molecule has 9 heavy (non-hydrogen) atoms. The molecule has 1 heterocycles. The Balaban J connectivity index is 2.60. The second kappa shape index (κ2) is 2.02. The number of hydrogen-bond donors (Lipinski definition) is 1. The Labute approximate surface area is 51.4 Å². The second-order valence-corrected chi connectivity index (χ2v) is 1.64. The first kappa shape index (κ1) is 6.03. The highest BCUT2D eigenvalue weighted by Crippen LogP contribution is 1.98. The first-order valence-electron chi connectivity index (χ1n) is 2.39. The van der Waals surface area contributed by atoms with Crippen LogP contribution in [0.3, 0.4) is 0 Å². The zero-order chi connectivity index (χ0) is 6.85. The molecule has 0 radical (unpaired) electrons. The van der Waals surface area contributed by atoms with Crippen LogP contribution in [0.15, 0.2) is 0 Å². The number of ether oxygens (including phenoxy) is 1. The third-order valence-electron chi connectivity index (χ3n) is 1.01. The van der Waals surface area contributed by atoms with Crippen molar-refractivity contribution in [1.29, 1.82) is 0 Å². The van der Waals surface area contributed by atoms with Gasteiger partial charge in [-0.25, -0.2) is 9.69 Å². The predicted molar refractivity (Wildman–Crippen MR) is 27.2 cm³/mol. The van der Waals surface area contributed by atoms with Gasteiger partial charge in [-0.1, -0.05) is 0 Å². The number of rotatable bonds is 0. The number of hydrogen-bond acceptors (Lipinski definition) is 3. The molecule has 1 aliphatic rings. The van der Waals surface area contributed by atoms with Gasteiger partial charge in [0.05, 0.1) is 0 Å². The molecule has 0 spiro atoms. The van der Waals surface area contributed by atoms with E-state index in [2.05, 4.69) is 4.74 Å². The summed E-state index contributed by atoms with van der Waals surface area (Å²) in [6.07, 6.45) is 0. The molecule has 0 atom stereocenters. The monoisotopic (exact) mass is 130 g/mol. The van der Waals surface area contributed by atoms with Crippen molar-refractivity contribution in [2.24, 2.45) is 5.73 Å². The van der Waals surface area contributed by atoms with Gasteiger partial charge < -0.3 is 10.5 Å². The van der Waals surface area contributed by atoms with Crippen molar-refractivity contribution in [3.63, 3.8) is 0 Å². The standard InChI is InChI=1S/C4H6N2O3/c5-4(8)6-2-9-1-3(6)7/h1-2H2,(H2,5,8). The minimum atomic E-state index is -0.752. The number of nitrogens with zero attached hydrogens (tertiary/aromatic N) is 1. The molecule has 1 rings (SSSR count). The number of carbonyl (C=O) groups excluding carboxylic acids is 2. The maximum absolute atomic E-state index is 10.5. The van der Waals surface area contributed by atoms with Crippen molar-refractivity contribution >= 4 is 11.9 Å². The van der Waals surface area contributed by atoms with Crippen LogP contribution in [0.4, 0.5) is 4.79 Å². The Kier molecular flexibility index (Phi) is 1.35. The normalized spacial score (nSPS) is 18.7. The largest absolute Gasteiger partial charge is 0.351 e. The van der Waals surface area contributed by atoms with Crippen LogP contribution in [-0.2, 0) is 9.53 Å². The summed E-state index contributed by atoms with van der Waals surface area (Å²) in [6.45, 7) is -0.0445. The minimum Gasteiger partial charge on any atom is -0.351 e. The summed E-state index contributed by atoms with van der Waals surface area (Å²) >= 11 is 0. The van der Waals surface area contributed by atoms with Gasteiger partial charge >= 0.3 is 6.03 Å². The highest BCUT2D eigenvalue weighted by Gasteiger charge is 2.24. The predicted octanol–water partition coefficient (Wildman–Crippen LogP) is -1.12. The van der Waals surface area contributed by atoms with Gasteiger partial charge in [-0.05, 0) is 0 Å². The summed E-state index contributed by atoms with van der Waals surface area (Å²) in [5, 5.41) is 0. The fourth-order valence-electron chi connectivity index (χ4n) is 0.561. The van der Waals surface area contributed by atoms with E-state index in [0.29, 0.717) is 0 Å². The van der Waals surface area contributed by atoms with E-state index in [-0.39, 0.29) is 19.2 Å². The number of urea groups is 1. The summed E-state index contributed by atoms with van der Waals surface area (Å²) in [4.78, 5) is 21.6. The van der Waals surface area contributed by atoms with Gasteiger partial charge in [-0.2, -0.15) is 0 Å². The first-order valence-corrected chi connectivity index (χ1v) is 2.39. The van der Waals surface area contributed by atoms with E-state index in [4.69, 9.17) is 5.73 Å². The van der Waals surface area contributed by atoms with Crippen LogP contribution >= 0.6 is 0 Å². The van der Waals surface area contributed by atoms with Crippen molar-refractivity contribution in [3.05, 3.63) is 0 Å². The molecule has 0 aromatic heterocycles. The fourth-order valence-corrected chi connectivity index (χ4v) is 0.561. The molecule has 5 heteroatoms. The number of amides is 3. The van der Waals surface area contributed by atoms with Gasteiger partial charge in [0.15, 0.2) is 0 Å². The Morgan fingerprint density at radius 3 is 2.67 bits per heavy atom. The van der Waals surface area contributed by atoms with Gasteiger partial charge in [0.25, 0.3) is 5.91 Å². The molecule has 0 aliphatic carbocycles. The minimum absolute atomic E-state index is 0.00579. The summed E-state index contributed by atoms with van der Waals surface area (Å²) in [6, 6.07) is -0.752. The van der Waals surface area contributed by atoms with Crippen molar-refractivity contribution in [1.82, 2.24) is 4.90 Å².